The van der Waals surface area contributed by atoms with E-state index < -0.39 is 10.0 Å². The van der Waals surface area contributed by atoms with Crippen molar-refractivity contribution in [3.8, 4) is 0 Å². The van der Waals surface area contributed by atoms with Crippen molar-refractivity contribution >= 4 is 21.6 Å². The number of rotatable bonds is 4. The van der Waals surface area contributed by atoms with Crippen LogP contribution in [0.15, 0.2) is 53.4 Å². The van der Waals surface area contributed by atoms with Crippen molar-refractivity contribution in [3.05, 3.63) is 59.7 Å². The number of hydrogen-bond donors (Lipinski definition) is 1. The fraction of sp³-hybridized carbons (Fsp3) is 0.350. The van der Waals surface area contributed by atoms with Gasteiger partial charge in [0.1, 0.15) is 0 Å². The van der Waals surface area contributed by atoms with Gasteiger partial charge in [0.2, 0.25) is 15.9 Å². The summed E-state index contributed by atoms with van der Waals surface area (Å²) in [5.41, 5.74) is 2.73. The second-order valence-electron chi connectivity index (χ2n) is 6.80. The molecule has 1 N–H and O–H groups in total. The molecule has 0 aliphatic carbocycles. The zero-order valence-corrected chi connectivity index (χ0v) is 15.9. The topological polar surface area (TPSA) is 66.5 Å². The van der Waals surface area contributed by atoms with Crippen molar-refractivity contribution < 1.29 is 13.2 Å². The Kier molecular flexibility index (Phi) is 5.44. The summed E-state index contributed by atoms with van der Waals surface area (Å²) in [5, 5.41) is 2.88. The van der Waals surface area contributed by atoms with E-state index in [-0.39, 0.29) is 18.4 Å². The van der Waals surface area contributed by atoms with Gasteiger partial charge in [0.05, 0.1) is 10.8 Å². The van der Waals surface area contributed by atoms with Crippen LogP contribution in [-0.4, -0.2) is 31.7 Å². The number of carbonyl (C=O) groups is 1. The summed E-state index contributed by atoms with van der Waals surface area (Å²) >= 11 is 0. The Morgan fingerprint density at radius 1 is 1.08 bits per heavy atom. The average Bonchev–Trinajstić information content (AvgIpc) is 2.65. The van der Waals surface area contributed by atoms with Crippen molar-refractivity contribution in [1.29, 1.82) is 0 Å². The Hall–Kier alpha value is -2.18. The highest BCUT2D eigenvalue weighted by Crippen LogP contribution is 2.26. The Balaban J connectivity index is 1.75. The number of piperidine rings is 1. The molecule has 2 aromatic rings. The molecule has 138 valence electrons. The predicted octanol–water partition coefficient (Wildman–Crippen LogP) is 3.34. The van der Waals surface area contributed by atoms with Gasteiger partial charge in [0.25, 0.3) is 0 Å². The quantitative estimate of drug-likeness (QED) is 0.895. The summed E-state index contributed by atoms with van der Waals surface area (Å²) in [4.78, 5) is 12.8. The maximum absolute atomic E-state index is 13.0. The fourth-order valence-corrected chi connectivity index (χ4v) is 4.77. The van der Waals surface area contributed by atoms with Crippen LogP contribution in [0.3, 0.4) is 0 Å². The van der Waals surface area contributed by atoms with Crippen LogP contribution in [0.5, 0.6) is 0 Å². The fourth-order valence-electron chi connectivity index (χ4n) is 3.16. The molecule has 0 saturated carbocycles. The van der Waals surface area contributed by atoms with E-state index >= 15 is 0 Å². The number of nitrogens with one attached hydrogen (secondary N) is 1. The number of hydrogen-bond acceptors (Lipinski definition) is 3. The van der Waals surface area contributed by atoms with E-state index in [1.54, 1.807) is 12.1 Å². The van der Waals surface area contributed by atoms with Crippen LogP contribution in [0.4, 0.5) is 5.69 Å². The monoisotopic (exact) mass is 372 g/mol. The number of sulfonamides is 1. The lowest BCUT2D eigenvalue weighted by Gasteiger charge is -2.31. The zero-order valence-electron chi connectivity index (χ0n) is 15.1. The molecule has 1 aliphatic heterocycles. The van der Waals surface area contributed by atoms with Crippen molar-refractivity contribution in [2.45, 2.75) is 31.6 Å². The molecule has 3 rings (SSSR count). The lowest BCUT2D eigenvalue weighted by atomic mass is 9.99. The molecule has 1 fully saturated rings. The van der Waals surface area contributed by atoms with Gasteiger partial charge in [-0.2, -0.15) is 4.31 Å². The Morgan fingerprint density at radius 2 is 1.81 bits per heavy atom. The van der Waals surface area contributed by atoms with Gasteiger partial charge in [-0.1, -0.05) is 24.3 Å². The van der Waals surface area contributed by atoms with Crippen LogP contribution < -0.4 is 5.32 Å². The van der Waals surface area contributed by atoms with E-state index in [4.69, 9.17) is 0 Å². The molecule has 1 heterocycles. The van der Waals surface area contributed by atoms with Gasteiger partial charge in [-0.25, -0.2) is 8.42 Å². The molecular formula is C20H24N2O3S. The first-order valence-electron chi connectivity index (χ1n) is 8.81. The molecule has 0 bridgehead atoms. The van der Waals surface area contributed by atoms with E-state index in [2.05, 4.69) is 5.32 Å². The molecule has 1 unspecified atom stereocenters. The molecule has 1 amide bonds. The van der Waals surface area contributed by atoms with Gasteiger partial charge < -0.3 is 5.32 Å². The number of benzene rings is 2. The second-order valence-corrected chi connectivity index (χ2v) is 8.74. The largest absolute Gasteiger partial charge is 0.326 e. The first kappa shape index (κ1) is 18.6. The SMILES string of the molecule is Cc1ccc(S(=O)(=O)N2CCCC(C(=O)Nc3ccccc3)C2)cc1C. The number of nitrogens with zero attached hydrogens (tertiary/aromatic N) is 1. The minimum Gasteiger partial charge on any atom is -0.326 e. The molecule has 2 aromatic carbocycles. The second kappa shape index (κ2) is 7.60. The van der Waals surface area contributed by atoms with Gasteiger partial charge in [0, 0.05) is 18.8 Å². The molecule has 1 aliphatic rings. The molecule has 1 saturated heterocycles. The highest BCUT2D eigenvalue weighted by atomic mass is 32.2. The van der Waals surface area contributed by atoms with Crippen LogP contribution in [0.1, 0.15) is 24.0 Å². The third kappa shape index (κ3) is 3.97. The molecule has 5 nitrogen and oxygen atoms in total. The van der Waals surface area contributed by atoms with E-state index in [0.717, 1.165) is 16.8 Å². The van der Waals surface area contributed by atoms with Crippen LogP contribution >= 0.6 is 0 Å². The summed E-state index contributed by atoms with van der Waals surface area (Å²) in [6.07, 6.45) is 1.37. The summed E-state index contributed by atoms with van der Waals surface area (Å²) in [6.45, 7) is 4.52. The molecular weight excluding hydrogens is 348 g/mol. The van der Waals surface area contributed by atoms with Gasteiger partial charge in [-0.15, -0.1) is 0 Å². The first-order valence-corrected chi connectivity index (χ1v) is 10.3. The van der Waals surface area contributed by atoms with Crippen LogP contribution in [0.2, 0.25) is 0 Å². The normalized spacial score (nSPS) is 18.5. The molecule has 0 aromatic heterocycles. The first-order chi connectivity index (χ1) is 12.4. The number of carbonyl (C=O) groups excluding carboxylic acids is 1. The van der Waals surface area contributed by atoms with Gasteiger partial charge >= 0.3 is 0 Å². The minimum atomic E-state index is -3.59. The maximum Gasteiger partial charge on any atom is 0.243 e. The summed E-state index contributed by atoms with van der Waals surface area (Å²) in [7, 11) is -3.59. The lowest BCUT2D eigenvalue weighted by Crippen LogP contribution is -2.43. The third-order valence-corrected chi connectivity index (χ3v) is 6.77. The number of anilines is 1. The number of aryl methyl sites for hydroxylation is 2. The molecule has 0 radical (unpaired) electrons. The number of amides is 1. The van der Waals surface area contributed by atoms with E-state index in [0.29, 0.717) is 24.3 Å². The van der Waals surface area contributed by atoms with Crippen molar-refractivity contribution in [3.63, 3.8) is 0 Å². The van der Waals surface area contributed by atoms with Crippen molar-refractivity contribution in [2.24, 2.45) is 5.92 Å². The predicted molar refractivity (Wildman–Crippen MR) is 102 cm³/mol. The Bertz CT molecular complexity index is 895. The molecule has 26 heavy (non-hydrogen) atoms. The smallest absolute Gasteiger partial charge is 0.243 e. The zero-order chi connectivity index (χ0) is 18.7. The minimum absolute atomic E-state index is 0.129. The number of para-hydroxylation sites is 1. The van der Waals surface area contributed by atoms with Crippen LogP contribution in [0, 0.1) is 19.8 Å². The molecule has 0 spiro atoms. The van der Waals surface area contributed by atoms with Gasteiger partial charge in [0.15, 0.2) is 0 Å². The van der Waals surface area contributed by atoms with Crippen LogP contribution in [0.25, 0.3) is 0 Å². The molecule has 1 atom stereocenters. The standard InChI is InChI=1S/C20H24N2O3S/c1-15-10-11-19(13-16(15)2)26(24,25)22-12-6-7-17(14-22)20(23)21-18-8-4-3-5-9-18/h3-5,8-11,13,17H,6-7,12,14H2,1-2H3,(H,21,23). The van der Waals surface area contributed by atoms with Gasteiger partial charge in [-0.3, -0.25) is 4.79 Å². The summed E-state index contributed by atoms with van der Waals surface area (Å²) in [6, 6.07) is 14.4. The Morgan fingerprint density at radius 3 is 2.50 bits per heavy atom. The maximum atomic E-state index is 13.0. The summed E-state index contributed by atoms with van der Waals surface area (Å²) in [5.74, 6) is -0.471. The van der Waals surface area contributed by atoms with Crippen LogP contribution in [-0.2, 0) is 14.8 Å². The van der Waals surface area contributed by atoms with E-state index in [1.165, 1.54) is 4.31 Å². The van der Waals surface area contributed by atoms with Crippen molar-refractivity contribution in [1.82, 2.24) is 4.31 Å². The van der Waals surface area contributed by atoms with Crippen molar-refractivity contribution in [2.75, 3.05) is 18.4 Å². The highest BCUT2D eigenvalue weighted by Gasteiger charge is 2.33. The summed E-state index contributed by atoms with van der Waals surface area (Å²) < 4.78 is 27.4. The average molecular weight is 372 g/mol. The van der Waals surface area contributed by atoms with E-state index in [1.807, 2.05) is 50.2 Å². The van der Waals surface area contributed by atoms with Gasteiger partial charge in [-0.05, 0) is 62.1 Å². The lowest BCUT2D eigenvalue weighted by molar-refractivity contribution is -0.120. The van der Waals surface area contributed by atoms with E-state index in [9.17, 15) is 13.2 Å². The highest BCUT2D eigenvalue weighted by molar-refractivity contribution is 7.89. The Labute approximate surface area is 155 Å². The third-order valence-electron chi connectivity index (χ3n) is 4.91. The molecule has 6 heteroatoms.